The number of rotatable bonds is 5. The summed E-state index contributed by atoms with van der Waals surface area (Å²) in [6, 6.07) is 14.5. The second-order valence-electron chi connectivity index (χ2n) is 6.95. The topological polar surface area (TPSA) is 80.2 Å². The van der Waals surface area contributed by atoms with Crippen molar-refractivity contribution in [2.45, 2.75) is 18.7 Å². The zero-order valence-electron chi connectivity index (χ0n) is 16.2. The van der Waals surface area contributed by atoms with Gasteiger partial charge in [0.25, 0.3) is 5.91 Å². The molecule has 1 amide bonds. The molecule has 2 aromatic heterocycles. The van der Waals surface area contributed by atoms with Gasteiger partial charge in [0.15, 0.2) is 11.5 Å². The van der Waals surface area contributed by atoms with Crippen molar-refractivity contribution in [2.75, 3.05) is 23.3 Å². The standard InChI is InChI=1S/C21H18F3N5O2/c22-21(23,24)14-6-9-19(25-12-14)31-16-10-11-29(13-16)18-8-7-17(27-28-18)20(30)26-15-4-2-1-3-5-15/h1-9,12,16H,10-11,13H2,(H,26,30). The van der Waals surface area contributed by atoms with Crippen molar-refractivity contribution in [1.29, 1.82) is 0 Å². The lowest BCUT2D eigenvalue weighted by Crippen LogP contribution is -2.26. The molecule has 1 unspecified atom stereocenters. The highest BCUT2D eigenvalue weighted by atomic mass is 19.4. The van der Waals surface area contributed by atoms with E-state index in [2.05, 4.69) is 20.5 Å². The Labute approximate surface area is 175 Å². The number of hydrogen-bond acceptors (Lipinski definition) is 6. The van der Waals surface area contributed by atoms with Gasteiger partial charge in [0.1, 0.15) is 6.10 Å². The lowest BCUT2D eigenvalue weighted by Gasteiger charge is -2.17. The molecule has 0 bridgehead atoms. The largest absolute Gasteiger partial charge is 0.472 e. The zero-order valence-corrected chi connectivity index (χ0v) is 16.2. The maximum Gasteiger partial charge on any atom is 0.417 e. The number of hydrogen-bond donors (Lipinski definition) is 1. The minimum atomic E-state index is -4.43. The van der Waals surface area contributed by atoms with Crippen LogP contribution in [0.15, 0.2) is 60.8 Å². The fraction of sp³-hybridized carbons (Fsp3) is 0.238. The number of para-hydroxylation sites is 1. The van der Waals surface area contributed by atoms with Crippen LogP contribution in [0.4, 0.5) is 24.7 Å². The van der Waals surface area contributed by atoms with Gasteiger partial charge < -0.3 is 15.0 Å². The lowest BCUT2D eigenvalue weighted by atomic mass is 10.3. The Bertz CT molecular complexity index is 1030. The number of alkyl halides is 3. The Hall–Kier alpha value is -3.69. The number of nitrogens with zero attached hydrogens (tertiary/aromatic N) is 4. The monoisotopic (exact) mass is 429 g/mol. The fourth-order valence-corrected chi connectivity index (χ4v) is 3.15. The number of pyridine rings is 1. The van der Waals surface area contributed by atoms with E-state index in [1.807, 2.05) is 23.1 Å². The highest BCUT2D eigenvalue weighted by Gasteiger charge is 2.31. The molecule has 3 heterocycles. The van der Waals surface area contributed by atoms with E-state index in [-0.39, 0.29) is 23.6 Å². The molecule has 1 aliphatic heterocycles. The Balaban J connectivity index is 1.33. The van der Waals surface area contributed by atoms with Gasteiger partial charge in [-0.05, 0) is 30.3 Å². The maximum absolute atomic E-state index is 12.6. The van der Waals surface area contributed by atoms with E-state index in [0.717, 1.165) is 12.3 Å². The minimum absolute atomic E-state index is 0.138. The molecule has 0 saturated carbocycles. The molecule has 1 fully saturated rings. The third kappa shape index (κ3) is 5.08. The summed E-state index contributed by atoms with van der Waals surface area (Å²) < 4.78 is 43.6. The Kier molecular flexibility index (Phi) is 5.70. The van der Waals surface area contributed by atoms with Crippen molar-refractivity contribution in [3.8, 4) is 5.88 Å². The molecule has 1 aromatic carbocycles. The van der Waals surface area contributed by atoms with Crippen molar-refractivity contribution in [1.82, 2.24) is 15.2 Å². The van der Waals surface area contributed by atoms with Gasteiger partial charge in [-0.1, -0.05) is 18.2 Å². The van der Waals surface area contributed by atoms with Gasteiger partial charge in [-0.25, -0.2) is 4.98 Å². The second-order valence-corrected chi connectivity index (χ2v) is 6.95. The summed E-state index contributed by atoms with van der Waals surface area (Å²) in [4.78, 5) is 17.9. The van der Waals surface area contributed by atoms with Gasteiger partial charge in [0, 0.05) is 30.9 Å². The summed E-state index contributed by atoms with van der Waals surface area (Å²) in [6.45, 7) is 1.11. The summed E-state index contributed by atoms with van der Waals surface area (Å²) in [6.07, 6.45) is -3.27. The molecule has 160 valence electrons. The number of carbonyl (C=O) groups excluding carboxylic acids is 1. The van der Waals surface area contributed by atoms with Crippen molar-refractivity contribution < 1.29 is 22.7 Å². The van der Waals surface area contributed by atoms with Crippen LogP contribution in [0.1, 0.15) is 22.5 Å². The van der Waals surface area contributed by atoms with E-state index in [4.69, 9.17) is 4.74 Å². The molecule has 7 nitrogen and oxygen atoms in total. The Morgan fingerprint density at radius 1 is 1.06 bits per heavy atom. The number of halogens is 3. The molecule has 1 N–H and O–H groups in total. The highest BCUT2D eigenvalue weighted by Crippen LogP contribution is 2.29. The van der Waals surface area contributed by atoms with E-state index in [1.54, 1.807) is 24.3 Å². The first-order valence-corrected chi connectivity index (χ1v) is 9.53. The fourth-order valence-electron chi connectivity index (χ4n) is 3.15. The molecule has 0 spiro atoms. The van der Waals surface area contributed by atoms with Crippen LogP contribution in [0.3, 0.4) is 0 Å². The SMILES string of the molecule is O=C(Nc1ccccc1)c1ccc(N2CCC(Oc3ccc(C(F)(F)F)cn3)C2)nn1. The molecule has 4 rings (SSSR count). The maximum atomic E-state index is 12.6. The summed E-state index contributed by atoms with van der Waals surface area (Å²) in [5.74, 6) is 0.364. The third-order valence-electron chi connectivity index (χ3n) is 4.73. The number of benzene rings is 1. The number of nitrogens with one attached hydrogen (secondary N) is 1. The Morgan fingerprint density at radius 2 is 1.87 bits per heavy atom. The first kappa shape index (κ1) is 20.6. The van der Waals surface area contributed by atoms with E-state index in [1.165, 1.54) is 6.07 Å². The predicted molar refractivity (Wildman–Crippen MR) is 107 cm³/mol. The van der Waals surface area contributed by atoms with Crippen LogP contribution in [0.25, 0.3) is 0 Å². The highest BCUT2D eigenvalue weighted by molar-refractivity contribution is 6.02. The van der Waals surface area contributed by atoms with Gasteiger partial charge in [-0.15, -0.1) is 10.2 Å². The van der Waals surface area contributed by atoms with Gasteiger partial charge in [-0.3, -0.25) is 4.79 Å². The predicted octanol–water partition coefficient (Wildman–Crippen LogP) is 3.80. The molecule has 0 aliphatic carbocycles. The number of anilines is 2. The summed E-state index contributed by atoms with van der Waals surface area (Å²) in [7, 11) is 0. The van der Waals surface area contributed by atoms with Gasteiger partial charge in [0.05, 0.1) is 12.1 Å². The smallest absolute Gasteiger partial charge is 0.417 e. The molecule has 31 heavy (non-hydrogen) atoms. The molecule has 1 atom stereocenters. The van der Waals surface area contributed by atoms with Gasteiger partial charge in [-0.2, -0.15) is 13.2 Å². The Morgan fingerprint density at radius 3 is 2.52 bits per heavy atom. The molecular weight excluding hydrogens is 411 g/mol. The number of carbonyl (C=O) groups is 1. The van der Waals surface area contributed by atoms with Crippen molar-refractivity contribution in [3.63, 3.8) is 0 Å². The average Bonchev–Trinajstić information content (AvgIpc) is 3.23. The van der Waals surface area contributed by atoms with Gasteiger partial charge >= 0.3 is 6.18 Å². The van der Waals surface area contributed by atoms with Crippen LogP contribution >= 0.6 is 0 Å². The van der Waals surface area contributed by atoms with E-state index in [9.17, 15) is 18.0 Å². The first-order valence-electron chi connectivity index (χ1n) is 9.53. The van der Waals surface area contributed by atoms with Gasteiger partial charge in [0.2, 0.25) is 5.88 Å². The summed E-state index contributed by atoms with van der Waals surface area (Å²) in [5, 5.41) is 10.9. The number of amides is 1. The van der Waals surface area contributed by atoms with Crippen molar-refractivity contribution in [2.24, 2.45) is 0 Å². The van der Waals surface area contributed by atoms with Crippen LogP contribution in [-0.2, 0) is 6.18 Å². The first-order chi connectivity index (χ1) is 14.9. The van der Waals surface area contributed by atoms with Crippen LogP contribution in [-0.4, -0.2) is 40.3 Å². The van der Waals surface area contributed by atoms with Crippen LogP contribution in [0.2, 0.25) is 0 Å². The lowest BCUT2D eigenvalue weighted by molar-refractivity contribution is -0.137. The molecule has 1 saturated heterocycles. The molecule has 10 heteroatoms. The number of ether oxygens (including phenoxy) is 1. The molecule has 0 radical (unpaired) electrons. The minimum Gasteiger partial charge on any atom is -0.472 e. The number of aromatic nitrogens is 3. The van der Waals surface area contributed by atoms with E-state index >= 15 is 0 Å². The van der Waals surface area contributed by atoms with Crippen LogP contribution in [0.5, 0.6) is 5.88 Å². The normalized spacial score (nSPS) is 16.2. The van der Waals surface area contributed by atoms with Crippen molar-refractivity contribution >= 4 is 17.4 Å². The van der Waals surface area contributed by atoms with Crippen LogP contribution in [0, 0.1) is 0 Å². The van der Waals surface area contributed by atoms with E-state index in [0.29, 0.717) is 31.0 Å². The molecule has 3 aromatic rings. The zero-order chi connectivity index (χ0) is 21.8. The van der Waals surface area contributed by atoms with Crippen LogP contribution < -0.4 is 15.0 Å². The second kappa shape index (κ2) is 8.58. The quantitative estimate of drug-likeness (QED) is 0.665. The summed E-state index contributed by atoms with van der Waals surface area (Å²) >= 11 is 0. The van der Waals surface area contributed by atoms with E-state index < -0.39 is 11.7 Å². The molecular formula is C21H18F3N5O2. The summed E-state index contributed by atoms with van der Waals surface area (Å²) in [5.41, 5.74) is 0.0305. The van der Waals surface area contributed by atoms with Crippen molar-refractivity contribution in [3.05, 3.63) is 72.1 Å². The third-order valence-corrected chi connectivity index (χ3v) is 4.73. The average molecular weight is 429 g/mol. The molecule has 1 aliphatic rings.